The van der Waals surface area contributed by atoms with E-state index < -0.39 is 23.4 Å². The highest BCUT2D eigenvalue weighted by Crippen LogP contribution is 2.89. The van der Waals surface area contributed by atoms with Crippen LogP contribution in [0.2, 0.25) is 0 Å². The van der Waals surface area contributed by atoms with Gasteiger partial charge in [-0.25, -0.2) is 0 Å². The van der Waals surface area contributed by atoms with Crippen LogP contribution in [0.25, 0.3) is 0 Å². The summed E-state index contributed by atoms with van der Waals surface area (Å²) in [5.74, 6) is 0.577. The van der Waals surface area contributed by atoms with Gasteiger partial charge in [-0.2, -0.15) is 0 Å². The molecule has 6 fully saturated rings. The van der Waals surface area contributed by atoms with Crippen LogP contribution in [0.5, 0.6) is 0 Å². The Labute approximate surface area is 212 Å². The number of hydrogen-bond acceptors (Lipinski definition) is 5. The molecule has 1 aliphatic heterocycles. The molecule has 0 amide bonds. The van der Waals surface area contributed by atoms with Crippen molar-refractivity contribution in [3.8, 4) is 0 Å². The van der Waals surface area contributed by atoms with Gasteiger partial charge in [-0.3, -0.25) is 0 Å². The third kappa shape index (κ3) is 2.78. The van der Waals surface area contributed by atoms with Crippen molar-refractivity contribution in [2.45, 2.75) is 142 Å². The zero-order chi connectivity index (χ0) is 25.6. The SMILES string of the molecule is CC(C)(O)C1CC[C@@](C)(C2C(O)C[C@]3(C)C4C[C@@H](O)C5C(C)(C)C(O)CCC56CC46CCC23C)O1. The quantitative estimate of drug-likeness (QED) is 0.460. The topological polar surface area (TPSA) is 90.2 Å². The Balaban J connectivity index is 1.37. The number of rotatable bonds is 2. The molecule has 2 spiro atoms. The lowest BCUT2D eigenvalue weighted by Gasteiger charge is -2.64. The maximum atomic E-state index is 11.7. The molecule has 4 N–H and O–H groups in total. The summed E-state index contributed by atoms with van der Waals surface area (Å²) in [6.07, 6.45) is 7.18. The van der Waals surface area contributed by atoms with Gasteiger partial charge in [-0.15, -0.1) is 0 Å². The van der Waals surface area contributed by atoms with Crippen LogP contribution in [0.4, 0.5) is 0 Å². The summed E-state index contributed by atoms with van der Waals surface area (Å²) in [6, 6.07) is 0. The number of ether oxygens (including phenoxy) is 1. The summed E-state index contributed by atoms with van der Waals surface area (Å²) in [7, 11) is 0. The standard InChI is InChI=1S/C30H50O5/c1-24(2)20(33)8-11-30-16-29(30)13-12-26(5)23(28(7)10-9-21(35-28)25(3,4)34)18(32)15-27(26,6)19(29)14-17(31)22(24)30/h17-23,31-34H,8-16H2,1-7H3/t17-,18?,19?,20?,21?,22?,23?,26?,27-,28+,29?,30?/m1/s1. The predicted molar refractivity (Wildman–Crippen MR) is 134 cm³/mol. The smallest absolute Gasteiger partial charge is 0.0865 e. The molecule has 6 aliphatic rings. The van der Waals surface area contributed by atoms with E-state index >= 15 is 0 Å². The monoisotopic (exact) mass is 490 g/mol. The fourth-order valence-corrected chi connectivity index (χ4v) is 12.1. The van der Waals surface area contributed by atoms with Gasteiger partial charge in [0.1, 0.15) is 0 Å². The van der Waals surface area contributed by atoms with Crippen molar-refractivity contribution in [1.29, 1.82) is 0 Å². The largest absolute Gasteiger partial charge is 0.393 e. The van der Waals surface area contributed by atoms with E-state index in [2.05, 4.69) is 34.6 Å². The zero-order valence-electron chi connectivity index (χ0n) is 23.1. The van der Waals surface area contributed by atoms with Crippen LogP contribution < -0.4 is 0 Å². The molecule has 0 radical (unpaired) electrons. The summed E-state index contributed by atoms with van der Waals surface area (Å²) in [5.41, 5.74) is -1.35. The first kappa shape index (κ1) is 25.1. The van der Waals surface area contributed by atoms with Crippen LogP contribution in [0, 0.1) is 44.8 Å². The Morgan fingerprint density at radius 2 is 1.46 bits per heavy atom. The van der Waals surface area contributed by atoms with Crippen molar-refractivity contribution in [2.24, 2.45) is 44.8 Å². The number of fused-ring (bicyclic) bond motifs is 2. The minimum Gasteiger partial charge on any atom is -0.393 e. The van der Waals surface area contributed by atoms with Crippen LogP contribution in [0.1, 0.15) is 106 Å². The molecule has 200 valence electrons. The first-order valence-electron chi connectivity index (χ1n) is 14.4. The second-order valence-electron chi connectivity index (χ2n) is 15.9. The van der Waals surface area contributed by atoms with Crippen molar-refractivity contribution in [3.63, 3.8) is 0 Å². The van der Waals surface area contributed by atoms with Gasteiger partial charge in [-0.1, -0.05) is 27.7 Å². The molecule has 12 atom stereocenters. The number of hydrogen-bond donors (Lipinski definition) is 4. The highest BCUT2D eigenvalue weighted by molar-refractivity contribution is 5.33. The van der Waals surface area contributed by atoms with Crippen LogP contribution in [0.15, 0.2) is 0 Å². The van der Waals surface area contributed by atoms with Crippen LogP contribution in [-0.2, 0) is 4.74 Å². The van der Waals surface area contributed by atoms with Crippen molar-refractivity contribution < 1.29 is 25.2 Å². The molecule has 5 saturated carbocycles. The third-order valence-corrected chi connectivity index (χ3v) is 13.8. The van der Waals surface area contributed by atoms with Gasteiger partial charge in [0.15, 0.2) is 0 Å². The second-order valence-corrected chi connectivity index (χ2v) is 15.9. The van der Waals surface area contributed by atoms with Crippen LogP contribution >= 0.6 is 0 Å². The maximum absolute atomic E-state index is 11.7. The molecule has 0 bridgehead atoms. The van der Waals surface area contributed by atoms with Gasteiger partial charge in [0.05, 0.1) is 35.6 Å². The third-order valence-electron chi connectivity index (χ3n) is 13.8. The molecule has 9 unspecified atom stereocenters. The van der Waals surface area contributed by atoms with Crippen LogP contribution in [0.3, 0.4) is 0 Å². The first-order valence-corrected chi connectivity index (χ1v) is 14.4. The summed E-state index contributed by atoms with van der Waals surface area (Å²) in [5, 5.41) is 45.0. The Morgan fingerprint density at radius 1 is 0.771 bits per heavy atom. The fraction of sp³-hybridized carbons (Fsp3) is 1.00. The molecule has 0 aromatic heterocycles. The lowest BCUT2D eigenvalue weighted by Crippen LogP contribution is -2.62. The van der Waals surface area contributed by atoms with E-state index in [1.54, 1.807) is 0 Å². The molecule has 0 aromatic rings. The lowest BCUT2D eigenvalue weighted by atomic mass is 9.41. The second kappa shape index (κ2) is 6.86. The molecule has 5 aliphatic carbocycles. The van der Waals surface area contributed by atoms with Gasteiger partial charge in [0.2, 0.25) is 0 Å². The van der Waals surface area contributed by atoms with E-state index in [0.717, 1.165) is 51.4 Å². The summed E-state index contributed by atoms with van der Waals surface area (Å²) in [6.45, 7) is 15.0. The van der Waals surface area contributed by atoms with E-state index in [1.807, 2.05) is 13.8 Å². The number of aliphatic hydroxyl groups excluding tert-OH is 3. The molecule has 5 nitrogen and oxygen atoms in total. The lowest BCUT2D eigenvalue weighted by molar-refractivity contribution is -0.213. The highest BCUT2D eigenvalue weighted by Gasteiger charge is 2.84. The van der Waals surface area contributed by atoms with Gasteiger partial charge < -0.3 is 25.2 Å². The maximum Gasteiger partial charge on any atom is 0.0865 e. The van der Waals surface area contributed by atoms with E-state index in [0.29, 0.717) is 5.92 Å². The molecule has 5 heteroatoms. The molecule has 1 heterocycles. The predicted octanol–water partition coefficient (Wildman–Crippen LogP) is 4.44. The van der Waals surface area contributed by atoms with Gasteiger partial charge in [0, 0.05) is 5.92 Å². The van der Waals surface area contributed by atoms with E-state index in [9.17, 15) is 20.4 Å². The molecule has 0 aromatic carbocycles. The molecular formula is C30H50O5. The average molecular weight is 491 g/mol. The summed E-state index contributed by atoms with van der Waals surface area (Å²) >= 11 is 0. The molecule has 1 saturated heterocycles. The van der Waals surface area contributed by atoms with Crippen molar-refractivity contribution in [3.05, 3.63) is 0 Å². The van der Waals surface area contributed by atoms with E-state index in [-0.39, 0.29) is 51.1 Å². The van der Waals surface area contributed by atoms with Gasteiger partial charge in [0.25, 0.3) is 0 Å². The Bertz CT molecular complexity index is 911. The zero-order valence-corrected chi connectivity index (χ0v) is 23.1. The minimum atomic E-state index is -0.886. The normalized spacial score (nSPS) is 60.9. The van der Waals surface area contributed by atoms with Gasteiger partial charge >= 0.3 is 0 Å². The van der Waals surface area contributed by atoms with E-state index in [1.165, 1.54) is 6.42 Å². The Kier molecular flexibility index (Phi) is 4.92. The van der Waals surface area contributed by atoms with Gasteiger partial charge in [-0.05, 0) is 117 Å². The molecule has 6 rings (SSSR count). The van der Waals surface area contributed by atoms with Crippen molar-refractivity contribution in [2.75, 3.05) is 0 Å². The summed E-state index contributed by atoms with van der Waals surface area (Å²) in [4.78, 5) is 0. The van der Waals surface area contributed by atoms with Crippen molar-refractivity contribution in [1.82, 2.24) is 0 Å². The Hall–Kier alpha value is -0.200. The fourth-order valence-electron chi connectivity index (χ4n) is 12.1. The first-order chi connectivity index (χ1) is 16.0. The van der Waals surface area contributed by atoms with Crippen LogP contribution in [-0.4, -0.2) is 56.0 Å². The average Bonchev–Trinajstić information content (AvgIpc) is 3.08. The number of aliphatic hydroxyl groups is 4. The van der Waals surface area contributed by atoms with Crippen molar-refractivity contribution >= 4 is 0 Å². The molecular weight excluding hydrogens is 440 g/mol. The Morgan fingerprint density at radius 3 is 2.09 bits per heavy atom. The summed E-state index contributed by atoms with van der Waals surface area (Å²) < 4.78 is 6.66. The molecule has 35 heavy (non-hydrogen) atoms. The van der Waals surface area contributed by atoms with E-state index in [4.69, 9.17) is 4.74 Å². The highest BCUT2D eigenvalue weighted by atomic mass is 16.5. The minimum absolute atomic E-state index is 0.0267.